The number of rotatable bonds is 7. The van der Waals surface area contributed by atoms with Crippen LogP contribution in [0.3, 0.4) is 0 Å². The number of ether oxygens (including phenoxy) is 2. The number of anilines is 1. The molecular formula is C36H47F4N5O9S. The van der Waals surface area contributed by atoms with Crippen LogP contribution in [0, 0.1) is 23.6 Å². The van der Waals surface area contributed by atoms with Gasteiger partial charge in [0.1, 0.15) is 29.5 Å². The fourth-order valence-electron chi connectivity index (χ4n) is 6.87. The largest absolute Gasteiger partial charge is 0.444 e. The molecule has 4 aliphatic rings. The van der Waals surface area contributed by atoms with Crippen LogP contribution in [0.2, 0.25) is 0 Å². The van der Waals surface area contributed by atoms with Crippen molar-refractivity contribution >= 4 is 45.6 Å². The van der Waals surface area contributed by atoms with E-state index < -0.39 is 104 Å². The Bertz CT molecular complexity index is 1820. The van der Waals surface area contributed by atoms with Crippen LogP contribution in [0.1, 0.15) is 79.6 Å². The van der Waals surface area contributed by atoms with Crippen molar-refractivity contribution in [2.24, 2.45) is 17.8 Å². The molecule has 2 aliphatic heterocycles. The predicted octanol–water partition coefficient (Wildman–Crippen LogP) is 4.67. The van der Waals surface area contributed by atoms with Gasteiger partial charge in [0, 0.05) is 18.0 Å². The van der Waals surface area contributed by atoms with Crippen molar-refractivity contribution in [2.75, 3.05) is 11.9 Å². The Kier molecular flexibility index (Phi) is 11.6. The lowest BCUT2D eigenvalue weighted by atomic mass is 9.88. The molecule has 2 heterocycles. The number of amides is 5. The number of carbonyl (C=O) groups is 5. The Labute approximate surface area is 316 Å². The van der Waals surface area contributed by atoms with Gasteiger partial charge in [-0.2, -0.15) is 13.2 Å². The second-order valence-corrected chi connectivity index (χ2v) is 18.1. The second-order valence-electron chi connectivity index (χ2n) is 15.9. The fraction of sp³-hybridized carbons (Fsp3) is 0.639. The van der Waals surface area contributed by atoms with Crippen LogP contribution < -0.4 is 20.7 Å². The van der Waals surface area contributed by atoms with Gasteiger partial charge in [0.15, 0.2) is 0 Å². The molecule has 55 heavy (non-hydrogen) atoms. The average Bonchev–Trinajstić information content (AvgIpc) is 3.95. The van der Waals surface area contributed by atoms with E-state index in [9.17, 15) is 50.0 Å². The van der Waals surface area contributed by atoms with Crippen LogP contribution in [-0.4, -0.2) is 90.0 Å². The number of alkyl carbamates (subject to hydrolysis) is 1. The summed E-state index contributed by atoms with van der Waals surface area (Å²) in [5.74, 6) is -4.68. The van der Waals surface area contributed by atoms with Crippen molar-refractivity contribution in [3.05, 3.63) is 42.2 Å². The van der Waals surface area contributed by atoms with Gasteiger partial charge in [-0.25, -0.2) is 22.4 Å². The molecule has 3 fully saturated rings. The van der Waals surface area contributed by atoms with Crippen molar-refractivity contribution in [3.8, 4) is 0 Å². The Morgan fingerprint density at radius 3 is 2.29 bits per heavy atom. The maximum atomic E-state index is 14.5. The lowest BCUT2D eigenvalue weighted by molar-refractivity contribution is -0.244. The van der Waals surface area contributed by atoms with Crippen LogP contribution in [0.4, 0.5) is 32.8 Å². The lowest BCUT2D eigenvalue weighted by Crippen LogP contribution is -2.59. The highest BCUT2D eigenvalue weighted by Gasteiger charge is 2.63. The minimum Gasteiger partial charge on any atom is -0.444 e. The molecule has 1 saturated heterocycles. The number of hydrogen-bond acceptors (Lipinski definition) is 9. The van der Waals surface area contributed by atoms with Crippen molar-refractivity contribution in [1.82, 2.24) is 20.3 Å². The first-order valence-corrected chi connectivity index (χ1v) is 19.6. The van der Waals surface area contributed by atoms with E-state index in [1.165, 1.54) is 19.1 Å². The third-order valence-corrected chi connectivity index (χ3v) is 13.1. The molecule has 4 N–H and O–H groups in total. The first kappa shape index (κ1) is 41.7. The molecule has 14 nitrogen and oxygen atoms in total. The number of fused-ring (bicyclic) bond motifs is 2. The quantitative estimate of drug-likeness (QED) is 0.225. The minimum absolute atomic E-state index is 0.0472. The predicted molar refractivity (Wildman–Crippen MR) is 189 cm³/mol. The number of benzene rings is 1. The monoisotopic (exact) mass is 801 g/mol. The number of sulfonamides is 1. The summed E-state index contributed by atoms with van der Waals surface area (Å²) in [5, 5.41) is 7.39. The number of allylic oxidation sites excluding steroid dienone is 1. The highest BCUT2D eigenvalue weighted by Crippen LogP contribution is 2.47. The van der Waals surface area contributed by atoms with Gasteiger partial charge in [0.05, 0.1) is 11.3 Å². The Hall–Kier alpha value is -4.42. The van der Waals surface area contributed by atoms with Gasteiger partial charge in [-0.15, -0.1) is 0 Å². The summed E-state index contributed by atoms with van der Waals surface area (Å²) >= 11 is 0. The molecular weight excluding hydrogens is 754 g/mol. The molecule has 0 aromatic heterocycles. The van der Waals surface area contributed by atoms with Gasteiger partial charge in [-0.3, -0.25) is 24.4 Å². The molecule has 304 valence electrons. The molecule has 0 bridgehead atoms. The van der Waals surface area contributed by atoms with Crippen LogP contribution in [0.5, 0.6) is 0 Å². The number of hydrogen-bond donors (Lipinski definition) is 4. The van der Waals surface area contributed by atoms with E-state index in [2.05, 4.69) is 20.7 Å². The topological polar surface area (TPSA) is 189 Å². The molecule has 0 radical (unpaired) electrons. The van der Waals surface area contributed by atoms with E-state index in [4.69, 9.17) is 9.47 Å². The lowest BCUT2D eigenvalue weighted by Gasteiger charge is -2.34. The molecule has 5 rings (SSSR count). The Balaban J connectivity index is 1.46. The fourth-order valence-corrected chi connectivity index (χ4v) is 8.19. The summed E-state index contributed by atoms with van der Waals surface area (Å²) in [6.07, 6.45) is -3.28. The number of alkyl halides is 3. The number of nitrogens with one attached hydrogen (secondary N) is 4. The number of carbonyl (C=O) groups excluding carboxylic acids is 5. The van der Waals surface area contributed by atoms with E-state index in [1.54, 1.807) is 13.0 Å². The average molecular weight is 802 g/mol. The van der Waals surface area contributed by atoms with Gasteiger partial charge in [-0.05, 0) is 95.4 Å². The molecule has 19 heteroatoms. The zero-order chi connectivity index (χ0) is 40.7. The second kappa shape index (κ2) is 15.3. The SMILES string of the molecule is C[C@@H]1CC/C=C\[C@@H]2C[C@@]2(C(=O)NS(=O)(=O)C2(C)CC2)NC(=O)[C@@H]2C[C@@H](OC(=O)Nc3ccc(F)cc3)CN2C(=O)[C@@H](NC(=O)OC(C)(C)C(F)(F)F)[C@H](C)C1. The molecule has 5 amide bonds. The van der Waals surface area contributed by atoms with Gasteiger partial charge in [0.25, 0.3) is 5.91 Å². The third-order valence-electron chi connectivity index (χ3n) is 10.9. The summed E-state index contributed by atoms with van der Waals surface area (Å²) in [6.45, 7) is 5.90. The van der Waals surface area contributed by atoms with E-state index in [-0.39, 0.29) is 24.4 Å². The summed E-state index contributed by atoms with van der Waals surface area (Å²) in [7, 11) is -4.11. The maximum absolute atomic E-state index is 14.5. The first-order valence-electron chi connectivity index (χ1n) is 18.1. The van der Waals surface area contributed by atoms with Crippen LogP contribution in [-0.2, 0) is 33.9 Å². The number of nitrogens with zero attached hydrogens (tertiary/aromatic N) is 1. The molecule has 2 aliphatic carbocycles. The standard InChI is InChI=1S/C36H47F4N5O9S/c1-20-8-6-7-9-22-18-35(22,30(48)44-55(51,52)34(5)14-15-34)43-28(46)26-17-25(53-31(49)41-24-12-10-23(37)11-13-24)19-45(26)29(47)27(21(2)16-20)42-32(50)54-33(3,4)36(38,39)40/h7,9-13,20-22,25-27H,6,8,14-19H2,1-5H3,(H,41,49)(H,42,50)(H,43,46)(H,44,48)/b9-7-/t20-,21-,22-,25-,26+,27+,35-/m1/s1. The van der Waals surface area contributed by atoms with Gasteiger partial charge < -0.3 is 25.0 Å². The Morgan fingerprint density at radius 1 is 1.02 bits per heavy atom. The van der Waals surface area contributed by atoms with Crippen molar-refractivity contribution < 1.29 is 59.4 Å². The molecule has 1 aromatic rings. The summed E-state index contributed by atoms with van der Waals surface area (Å²) in [5.41, 5.74) is -4.45. The zero-order valence-electron chi connectivity index (χ0n) is 31.1. The molecule has 2 saturated carbocycles. The molecule has 7 atom stereocenters. The van der Waals surface area contributed by atoms with E-state index in [1.807, 2.05) is 13.0 Å². The van der Waals surface area contributed by atoms with Crippen molar-refractivity contribution in [3.63, 3.8) is 0 Å². The minimum atomic E-state index is -4.94. The third kappa shape index (κ3) is 9.35. The summed E-state index contributed by atoms with van der Waals surface area (Å²) in [4.78, 5) is 69.4. The highest BCUT2D eigenvalue weighted by atomic mass is 32.2. The van der Waals surface area contributed by atoms with Gasteiger partial charge in [-0.1, -0.05) is 26.0 Å². The normalized spacial score (nSPS) is 30.2. The molecule has 1 aromatic carbocycles. The zero-order valence-corrected chi connectivity index (χ0v) is 31.9. The van der Waals surface area contributed by atoms with E-state index in [0.717, 1.165) is 17.0 Å². The maximum Gasteiger partial charge on any atom is 0.427 e. The van der Waals surface area contributed by atoms with Crippen LogP contribution in [0.25, 0.3) is 0 Å². The molecule has 0 unspecified atom stereocenters. The Morgan fingerprint density at radius 2 is 1.67 bits per heavy atom. The van der Waals surface area contributed by atoms with E-state index >= 15 is 0 Å². The number of halogens is 4. The van der Waals surface area contributed by atoms with Crippen LogP contribution >= 0.6 is 0 Å². The summed E-state index contributed by atoms with van der Waals surface area (Å²) in [6, 6.07) is 1.78. The van der Waals surface area contributed by atoms with Gasteiger partial charge >= 0.3 is 18.4 Å². The first-order chi connectivity index (χ1) is 25.5. The molecule has 0 spiro atoms. The highest BCUT2D eigenvalue weighted by molar-refractivity contribution is 7.91. The van der Waals surface area contributed by atoms with Crippen molar-refractivity contribution in [1.29, 1.82) is 0 Å². The van der Waals surface area contributed by atoms with E-state index in [0.29, 0.717) is 46.0 Å². The van der Waals surface area contributed by atoms with Crippen molar-refractivity contribution in [2.45, 2.75) is 120 Å². The van der Waals surface area contributed by atoms with Crippen LogP contribution in [0.15, 0.2) is 36.4 Å². The smallest absolute Gasteiger partial charge is 0.427 e. The van der Waals surface area contributed by atoms with Gasteiger partial charge in [0.2, 0.25) is 27.4 Å². The summed E-state index contributed by atoms with van der Waals surface area (Å²) < 4.78 is 91.7.